The highest BCUT2D eigenvalue weighted by atomic mass is 16.1. The van der Waals surface area contributed by atoms with Gasteiger partial charge in [0.05, 0.1) is 22.7 Å². The van der Waals surface area contributed by atoms with E-state index >= 15 is 0 Å². The summed E-state index contributed by atoms with van der Waals surface area (Å²) in [5.41, 5.74) is 6.70. The number of nitriles is 1. The minimum Gasteiger partial charge on any atom is -0.348 e. The lowest BCUT2D eigenvalue weighted by Gasteiger charge is -2.09. The molecular formula is C27H19N5O. The fourth-order valence-electron chi connectivity index (χ4n) is 3.75. The molecule has 0 fully saturated rings. The molecule has 0 saturated carbocycles. The van der Waals surface area contributed by atoms with Crippen LogP contribution in [0.15, 0.2) is 97.6 Å². The molecular weight excluding hydrogens is 410 g/mol. The SMILES string of the molecule is N#Cc1cccc(-c2cccc(-n3cnc4cc(C(=O)NCc5cccnc5)ccc43)c2)c1. The topological polar surface area (TPSA) is 83.6 Å². The molecule has 1 amide bonds. The van der Waals surface area contributed by atoms with E-state index in [0.717, 1.165) is 33.4 Å². The molecule has 0 spiro atoms. The minimum atomic E-state index is -0.158. The summed E-state index contributed by atoms with van der Waals surface area (Å²) in [6.45, 7) is 0.416. The Bertz CT molecular complexity index is 1500. The molecule has 0 aliphatic carbocycles. The molecule has 2 heterocycles. The number of carbonyl (C=O) groups is 1. The molecule has 0 atom stereocenters. The summed E-state index contributed by atoms with van der Waals surface area (Å²) in [4.78, 5) is 21.2. The van der Waals surface area contributed by atoms with Crippen LogP contribution in [0.2, 0.25) is 0 Å². The Morgan fingerprint density at radius 3 is 2.64 bits per heavy atom. The number of hydrogen-bond acceptors (Lipinski definition) is 4. The molecule has 0 unspecified atom stereocenters. The average Bonchev–Trinajstić information content (AvgIpc) is 3.31. The van der Waals surface area contributed by atoms with E-state index in [9.17, 15) is 10.1 Å². The standard InChI is InChI=1S/C27H19N5O/c28-15-19-4-1-6-21(12-19)22-7-2-8-24(13-22)32-18-31-25-14-23(9-10-26(25)32)27(33)30-17-20-5-3-11-29-16-20/h1-14,16,18H,17H2,(H,30,33). The Morgan fingerprint density at radius 1 is 0.970 bits per heavy atom. The second-order valence-corrected chi connectivity index (χ2v) is 7.60. The molecule has 0 saturated heterocycles. The zero-order valence-corrected chi connectivity index (χ0v) is 17.6. The van der Waals surface area contributed by atoms with Crippen LogP contribution in [0.5, 0.6) is 0 Å². The molecule has 5 rings (SSSR count). The highest BCUT2D eigenvalue weighted by molar-refractivity contribution is 5.97. The minimum absolute atomic E-state index is 0.158. The highest BCUT2D eigenvalue weighted by Gasteiger charge is 2.11. The smallest absolute Gasteiger partial charge is 0.251 e. The van der Waals surface area contributed by atoms with E-state index in [2.05, 4.69) is 27.4 Å². The molecule has 5 aromatic rings. The van der Waals surface area contributed by atoms with Crippen molar-refractivity contribution in [3.8, 4) is 22.9 Å². The van der Waals surface area contributed by atoms with Crippen LogP contribution in [0.3, 0.4) is 0 Å². The van der Waals surface area contributed by atoms with Crippen molar-refractivity contribution < 1.29 is 4.79 Å². The second-order valence-electron chi connectivity index (χ2n) is 7.60. The normalized spacial score (nSPS) is 10.6. The summed E-state index contributed by atoms with van der Waals surface area (Å²) in [5.74, 6) is -0.158. The third-order valence-corrected chi connectivity index (χ3v) is 5.43. The first-order chi connectivity index (χ1) is 16.2. The van der Waals surface area contributed by atoms with E-state index in [4.69, 9.17) is 0 Å². The van der Waals surface area contributed by atoms with Gasteiger partial charge in [0.2, 0.25) is 0 Å². The number of carbonyl (C=O) groups excluding carboxylic acids is 1. The van der Waals surface area contributed by atoms with Crippen molar-refractivity contribution >= 4 is 16.9 Å². The van der Waals surface area contributed by atoms with Gasteiger partial charge in [-0.2, -0.15) is 5.26 Å². The molecule has 2 aromatic heterocycles. The lowest BCUT2D eigenvalue weighted by molar-refractivity contribution is 0.0951. The van der Waals surface area contributed by atoms with E-state index < -0.39 is 0 Å². The molecule has 0 aliphatic rings. The molecule has 0 radical (unpaired) electrons. The molecule has 0 bridgehead atoms. The summed E-state index contributed by atoms with van der Waals surface area (Å²) in [6.07, 6.45) is 5.19. The quantitative estimate of drug-likeness (QED) is 0.431. The molecule has 1 N–H and O–H groups in total. The van der Waals surface area contributed by atoms with Gasteiger partial charge in [-0.25, -0.2) is 4.98 Å². The van der Waals surface area contributed by atoms with Gasteiger partial charge < -0.3 is 5.32 Å². The largest absolute Gasteiger partial charge is 0.348 e. The summed E-state index contributed by atoms with van der Waals surface area (Å²) in [5, 5.41) is 12.1. The fourth-order valence-corrected chi connectivity index (χ4v) is 3.75. The van der Waals surface area contributed by atoms with Crippen molar-refractivity contribution in [3.63, 3.8) is 0 Å². The zero-order valence-electron chi connectivity index (χ0n) is 17.6. The van der Waals surface area contributed by atoms with Gasteiger partial charge in [0.1, 0.15) is 6.33 Å². The Balaban J connectivity index is 1.41. The molecule has 0 aliphatic heterocycles. The number of pyridine rings is 1. The van der Waals surface area contributed by atoms with Gasteiger partial charge in [0, 0.05) is 30.2 Å². The first kappa shape index (κ1) is 20.2. The number of amides is 1. The van der Waals surface area contributed by atoms with Gasteiger partial charge >= 0.3 is 0 Å². The predicted molar refractivity (Wildman–Crippen MR) is 127 cm³/mol. The van der Waals surface area contributed by atoms with Crippen LogP contribution >= 0.6 is 0 Å². The molecule has 158 valence electrons. The van der Waals surface area contributed by atoms with E-state index in [1.807, 2.05) is 59.2 Å². The summed E-state index contributed by atoms with van der Waals surface area (Å²) >= 11 is 0. The van der Waals surface area contributed by atoms with E-state index in [1.165, 1.54) is 0 Å². The van der Waals surface area contributed by atoms with Gasteiger partial charge in [0.15, 0.2) is 0 Å². The monoisotopic (exact) mass is 429 g/mol. The number of rotatable bonds is 5. The van der Waals surface area contributed by atoms with Gasteiger partial charge in [0.25, 0.3) is 5.91 Å². The van der Waals surface area contributed by atoms with Crippen LogP contribution in [0.1, 0.15) is 21.5 Å². The Hall–Kier alpha value is -4.76. The molecule has 6 nitrogen and oxygen atoms in total. The van der Waals surface area contributed by atoms with Crippen LogP contribution in [0.25, 0.3) is 27.8 Å². The number of nitrogens with one attached hydrogen (secondary N) is 1. The number of fused-ring (bicyclic) bond motifs is 1. The number of nitrogens with zero attached hydrogens (tertiary/aromatic N) is 4. The fraction of sp³-hybridized carbons (Fsp3) is 0.0370. The number of aromatic nitrogens is 3. The first-order valence-corrected chi connectivity index (χ1v) is 10.5. The third-order valence-electron chi connectivity index (χ3n) is 5.43. The average molecular weight is 429 g/mol. The van der Waals surface area contributed by atoms with Gasteiger partial charge in [-0.1, -0.05) is 30.3 Å². The number of benzene rings is 3. The van der Waals surface area contributed by atoms with Crippen LogP contribution < -0.4 is 5.32 Å². The maximum atomic E-state index is 12.6. The molecule has 33 heavy (non-hydrogen) atoms. The Morgan fingerprint density at radius 2 is 1.82 bits per heavy atom. The molecule has 3 aromatic carbocycles. The predicted octanol–water partition coefficient (Wildman–Crippen LogP) is 4.89. The zero-order chi connectivity index (χ0) is 22.6. The van der Waals surface area contributed by atoms with Crippen LogP contribution in [0.4, 0.5) is 0 Å². The van der Waals surface area contributed by atoms with Crippen molar-refractivity contribution in [2.45, 2.75) is 6.54 Å². The molecule has 6 heteroatoms. The van der Waals surface area contributed by atoms with Gasteiger partial charge in [-0.3, -0.25) is 14.3 Å². The van der Waals surface area contributed by atoms with Crippen molar-refractivity contribution in [1.82, 2.24) is 19.9 Å². The van der Waals surface area contributed by atoms with E-state index in [1.54, 1.807) is 36.9 Å². The van der Waals surface area contributed by atoms with Gasteiger partial charge in [-0.05, 0) is 65.2 Å². The second kappa shape index (κ2) is 8.77. The summed E-state index contributed by atoms with van der Waals surface area (Å²) in [6, 6.07) is 27.1. The summed E-state index contributed by atoms with van der Waals surface area (Å²) in [7, 11) is 0. The maximum Gasteiger partial charge on any atom is 0.251 e. The van der Waals surface area contributed by atoms with Gasteiger partial charge in [-0.15, -0.1) is 0 Å². The van der Waals surface area contributed by atoms with Crippen molar-refractivity contribution in [2.24, 2.45) is 0 Å². The van der Waals surface area contributed by atoms with Crippen molar-refractivity contribution in [3.05, 3.63) is 114 Å². The van der Waals surface area contributed by atoms with Crippen molar-refractivity contribution in [2.75, 3.05) is 0 Å². The lowest BCUT2D eigenvalue weighted by atomic mass is 10.0. The van der Waals surface area contributed by atoms with Crippen LogP contribution in [-0.4, -0.2) is 20.4 Å². The Labute approximate surface area is 190 Å². The van der Waals surface area contributed by atoms with Crippen LogP contribution in [-0.2, 0) is 6.54 Å². The highest BCUT2D eigenvalue weighted by Crippen LogP contribution is 2.25. The van der Waals surface area contributed by atoms with Crippen molar-refractivity contribution in [1.29, 1.82) is 5.26 Å². The van der Waals surface area contributed by atoms with E-state index in [0.29, 0.717) is 17.7 Å². The Kier molecular flexibility index (Phi) is 5.36. The lowest BCUT2D eigenvalue weighted by Crippen LogP contribution is -2.22. The number of imidazole rings is 1. The third kappa shape index (κ3) is 4.21. The number of hydrogen-bond donors (Lipinski definition) is 1. The first-order valence-electron chi connectivity index (χ1n) is 10.5. The summed E-state index contributed by atoms with van der Waals surface area (Å²) < 4.78 is 1.99. The maximum absolute atomic E-state index is 12.6. The van der Waals surface area contributed by atoms with Crippen LogP contribution in [0, 0.1) is 11.3 Å². The van der Waals surface area contributed by atoms with E-state index in [-0.39, 0.29) is 5.91 Å².